The maximum atomic E-state index is 9.56. The molecule has 0 saturated heterocycles. The van der Waals surface area contributed by atoms with Crippen molar-refractivity contribution in [2.24, 2.45) is 0 Å². The molecule has 12 heavy (non-hydrogen) atoms. The van der Waals surface area contributed by atoms with Gasteiger partial charge in [-0.2, -0.15) is 0 Å². The summed E-state index contributed by atoms with van der Waals surface area (Å²) in [6.45, 7) is 0. The topological polar surface area (TPSA) is 40.5 Å². The number of halogens is 4. The molecular weight excluding hydrogens is 612 g/mol. The quantitative estimate of drug-likeness (QED) is 0.267. The highest BCUT2D eigenvalue weighted by Crippen LogP contribution is 2.40. The molecule has 6 heteroatoms. The first-order valence-corrected chi connectivity index (χ1v) is 7.02. The largest absolute Gasteiger partial charge is 0.506 e. The van der Waals surface area contributed by atoms with Crippen LogP contribution in [0.15, 0.2) is 0 Å². The lowest BCUT2D eigenvalue weighted by Gasteiger charge is -2.07. The summed E-state index contributed by atoms with van der Waals surface area (Å²) in [6.07, 6.45) is 0. The maximum absolute atomic E-state index is 9.56. The van der Waals surface area contributed by atoms with Gasteiger partial charge >= 0.3 is 0 Å². The Hall–Kier alpha value is 1.74. The highest BCUT2D eigenvalue weighted by atomic mass is 127. The molecule has 2 N–H and O–H groups in total. The van der Waals surface area contributed by atoms with E-state index in [0.717, 1.165) is 0 Å². The number of rotatable bonds is 0. The zero-order valence-corrected chi connectivity index (χ0v) is 14.0. The summed E-state index contributed by atoms with van der Waals surface area (Å²) in [7, 11) is 0. The van der Waals surface area contributed by atoms with Crippen LogP contribution in [-0.2, 0) is 0 Å². The van der Waals surface area contributed by atoms with Crippen LogP contribution in [0.4, 0.5) is 0 Å². The normalized spacial score (nSPS) is 10.3. The number of benzene rings is 1. The highest BCUT2D eigenvalue weighted by molar-refractivity contribution is 14.1. The van der Waals surface area contributed by atoms with Crippen molar-refractivity contribution >= 4 is 90.4 Å². The van der Waals surface area contributed by atoms with Gasteiger partial charge < -0.3 is 10.2 Å². The second-order valence-electron chi connectivity index (χ2n) is 1.95. The van der Waals surface area contributed by atoms with Crippen molar-refractivity contribution in [3.05, 3.63) is 14.3 Å². The van der Waals surface area contributed by atoms with Gasteiger partial charge in [-0.05, 0) is 90.4 Å². The first-order chi connectivity index (χ1) is 5.46. The van der Waals surface area contributed by atoms with Crippen LogP contribution in [0.5, 0.6) is 11.5 Å². The molecule has 0 amide bonds. The van der Waals surface area contributed by atoms with E-state index < -0.39 is 0 Å². The van der Waals surface area contributed by atoms with Crippen molar-refractivity contribution in [1.82, 2.24) is 0 Å². The number of phenols is 2. The summed E-state index contributed by atoms with van der Waals surface area (Å²) >= 11 is 8.04. The standard InChI is InChI=1S/C6H2I4O2/c7-1-2(8)6(12)4(10)3(9)5(1)11/h11-12H. The second-order valence-corrected chi connectivity index (χ2v) is 6.27. The van der Waals surface area contributed by atoms with E-state index in [1.54, 1.807) is 0 Å². The monoisotopic (exact) mass is 614 g/mol. The van der Waals surface area contributed by atoms with Gasteiger partial charge in [0.05, 0.1) is 14.3 Å². The Morgan fingerprint density at radius 1 is 0.583 bits per heavy atom. The predicted molar refractivity (Wildman–Crippen MR) is 80.6 cm³/mol. The molecule has 0 aromatic heterocycles. The van der Waals surface area contributed by atoms with Crippen LogP contribution in [-0.4, -0.2) is 10.2 Å². The van der Waals surface area contributed by atoms with E-state index in [1.165, 1.54) is 0 Å². The molecule has 0 aliphatic rings. The van der Waals surface area contributed by atoms with Gasteiger partial charge in [0.15, 0.2) is 0 Å². The summed E-state index contributed by atoms with van der Waals surface area (Å²) in [5.41, 5.74) is 0. The van der Waals surface area contributed by atoms with Crippen molar-refractivity contribution in [2.45, 2.75) is 0 Å². The number of phenolic OH excluding ortho intramolecular Hbond substituents is 2. The minimum absolute atomic E-state index is 0.253. The molecule has 0 aliphatic heterocycles. The summed E-state index contributed by atoms with van der Waals surface area (Å²) in [5, 5.41) is 19.1. The van der Waals surface area contributed by atoms with Crippen LogP contribution in [0.3, 0.4) is 0 Å². The Bertz CT molecular complexity index is 232. The molecule has 0 aliphatic carbocycles. The van der Waals surface area contributed by atoms with Gasteiger partial charge in [0.1, 0.15) is 11.5 Å². The van der Waals surface area contributed by atoms with Gasteiger partial charge in [-0.1, -0.05) is 0 Å². The van der Waals surface area contributed by atoms with Crippen molar-refractivity contribution < 1.29 is 10.2 Å². The van der Waals surface area contributed by atoms with Gasteiger partial charge in [0, 0.05) is 0 Å². The molecule has 0 atom stereocenters. The van der Waals surface area contributed by atoms with E-state index in [2.05, 4.69) is 0 Å². The molecule has 2 nitrogen and oxygen atoms in total. The molecular formula is C6H2I4O2. The fourth-order valence-electron chi connectivity index (χ4n) is 0.609. The molecule has 1 aromatic carbocycles. The molecule has 0 spiro atoms. The van der Waals surface area contributed by atoms with Crippen LogP contribution in [0, 0.1) is 14.3 Å². The average molecular weight is 614 g/mol. The zero-order valence-electron chi connectivity index (χ0n) is 5.41. The van der Waals surface area contributed by atoms with Gasteiger partial charge in [0.2, 0.25) is 0 Å². The Morgan fingerprint density at radius 2 is 0.750 bits per heavy atom. The summed E-state index contributed by atoms with van der Waals surface area (Å²) in [6, 6.07) is 0. The predicted octanol–water partition coefficient (Wildman–Crippen LogP) is 3.52. The van der Waals surface area contributed by atoms with E-state index in [1.807, 2.05) is 90.4 Å². The van der Waals surface area contributed by atoms with Crippen LogP contribution in [0.25, 0.3) is 0 Å². The number of hydrogen-bond donors (Lipinski definition) is 2. The molecule has 0 bridgehead atoms. The van der Waals surface area contributed by atoms with Gasteiger partial charge in [0.25, 0.3) is 0 Å². The van der Waals surface area contributed by atoms with Gasteiger partial charge in [-0.15, -0.1) is 0 Å². The SMILES string of the molecule is Oc1c(I)c(I)c(O)c(I)c1I. The first-order valence-electron chi connectivity index (χ1n) is 2.70. The summed E-state index contributed by atoms with van der Waals surface area (Å²) in [5.74, 6) is 0.505. The van der Waals surface area contributed by atoms with Crippen LogP contribution < -0.4 is 0 Å². The Labute approximate surface area is 124 Å². The smallest absolute Gasteiger partial charge is 0.144 e. The lowest BCUT2D eigenvalue weighted by atomic mass is 10.3. The molecule has 1 rings (SSSR count). The first kappa shape index (κ1) is 11.8. The molecule has 0 fully saturated rings. The third-order valence-corrected chi connectivity index (χ3v) is 7.48. The second kappa shape index (κ2) is 4.51. The maximum Gasteiger partial charge on any atom is 0.144 e. The summed E-state index contributed by atoms with van der Waals surface area (Å²) in [4.78, 5) is 0. The third-order valence-electron chi connectivity index (χ3n) is 1.22. The van der Waals surface area contributed by atoms with E-state index in [0.29, 0.717) is 14.3 Å². The zero-order chi connectivity index (χ0) is 9.46. The van der Waals surface area contributed by atoms with E-state index in [4.69, 9.17) is 0 Å². The number of aromatic hydroxyl groups is 2. The van der Waals surface area contributed by atoms with Crippen LogP contribution >= 0.6 is 90.4 Å². The fourth-order valence-corrected chi connectivity index (χ4v) is 3.74. The fraction of sp³-hybridized carbons (Fsp3) is 0. The van der Waals surface area contributed by atoms with Crippen LogP contribution in [0.1, 0.15) is 0 Å². The lowest BCUT2D eigenvalue weighted by Crippen LogP contribution is -1.90. The molecule has 66 valence electrons. The molecule has 1 aromatic rings. The van der Waals surface area contributed by atoms with E-state index >= 15 is 0 Å². The molecule has 0 unspecified atom stereocenters. The van der Waals surface area contributed by atoms with E-state index in [-0.39, 0.29) is 11.5 Å². The lowest BCUT2D eigenvalue weighted by molar-refractivity contribution is 0.447. The highest BCUT2D eigenvalue weighted by Gasteiger charge is 2.17. The third kappa shape index (κ3) is 2.04. The average Bonchev–Trinajstić information content (AvgIpc) is 2.08. The Kier molecular flexibility index (Phi) is 4.44. The van der Waals surface area contributed by atoms with E-state index in [9.17, 15) is 10.2 Å². The van der Waals surface area contributed by atoms with Crippen molar-refractivity contribution in [1.29, 1.82) is 0 Å². The van der Waals surface area contributed by atoms with Crippen molar-refractivity contribution in [2.75, 3.05) is 0 Å². The van der Waals surface area contributed by atoms with Crippen molar-refractivity contribution in [3.8, 4) is 11.5 Å². The number of hydrogen-bond acceptors (Lipinski definition) is 2. The van der Waals surface area contributed by atoms with Crippen molar-refractivity contribution in [3.63, 3.8) is 0 Å². The van der Waals surface area contributed by atoms with Gasteiger partial charge in [-0.3, -0.25) is 0 Å². The molecule has 0 heterocycles. The minimum Gasteiger partial charge on any atom is -0.506 e. The molecule has 0 radical (unpaired) electrons. The summed E-state index contributed by atoms with van der Waals surface area (Å²) < 4.78 is 2.82. The minimum atomic E-state index is 0.253. The Balaban J connectivity index is 3.60. The van der Waals surface area contributed by atoms with Crippen LogP contribution in [0.2, 0.25) is 0 Å². The Morgan fingerprint density at radius 3 is 0.917 bits per heavy atom. The van der Waals surface area contributed by atoms with Gasteiger partial charge in [-0.25, -0.2) is 0 Å². The molecule has 0 saturated carbocycles.